The Hall–Kier alpha value is -1.63. The van der Waals surface area contributed by atoms with Crippen LogP contribution >= 0.6 is 0 Å². The first-order chi connectivity index (χ1) is 10.2. The van der Waals surface area contributed by atoms with Crippen molar-refractivity contribution in [2.45, 2.75) is 39.0 Å². The van der Waals surface area contributed by atoms with E-state index in [1.165, 1.54) is 13.0 Å². The highest BCUT2D eigenvalue weighted by Gasteiger charge is 2.20. The summed E-state index contributed by atoms with van der Waals surface area (Å²) in [7, 11) is 0. The normalized spacial score (nSPS) is 17.0. The van der Waals surface area contributed by atoms with E-state index in [2.05, 4.69) is 32.3 Å². The van der Waals surface area contributed by atoms with Gasteiger partial charge in [0.1, 0.15) is 5.82 Å². The highest BCUT2D eigenvalue weighted by Crippen LogP contribution is 2.20. The predicted molar refractivity (Wildman–Crippen MR) is 80.0 cm³/mol. The topological polar surface area (TPSA) is 93.9 Å². The molecule has 1 fully saturated rings. The lowest BCUT2D eigenvalue weighted by atomic mass is 9.93. The SMILES string of the molecule is CCCN1CCC(CC(=O)NCCc2n[nH]c(=O)[nH]2)CC1. The van der Waals surface area contributed by atoms with Crippen LogP contribution in [0.3, 0.4) is 0 Å². The zero-order chi connectivity index (χ0) is 15.1. The van der Waals surface area contributed by atoms with Crippen molar-refractivity contribution in [3.63, 3.8) is 0 Å². The quantitative estimate of drug-likeness (QED) is 0.673. The van der Waals surface area contributed by atoms with Gasteiger partial charge in [0.15, 0.2) is 0 Å². The van der Waals surface area contributed by atoms with Gasteiger partial charge in [-0.25, -0.2) is 9.89 Å². The highest BCUT2D eigenvalue weighted by molar-refractivity contribution is 5.76. The van der Waals surface area contributed by atoms with Gasteiger partial charge in [-0.2, -0.15) is 5.10 Å². The summed E-state index contributed by atoms with van der Waals surface area (Å²) in [6.45, 7) is 6.10. The Morgan fingerprint density at radius 3 is 2.81 bits per heavy atom. The Bertz CT molecular complexity index is 488. The van der Waals surface area contributed by atoms with Gasteiger partial charge in [-0.15, -0.1) is 0 Å². The summed E-state index contributed by atoms with van der Waals surface area (Å²) in [6, 6.07) is 0. The minimum Gasteiger partial charge on any atom is -0.356 e. The fourth-order valence-corrected chi connectivity index (χ4v) is 2.81. The molecule has 1 amide bonds. The summed E-state index contributed by atoms with van der Waals surface area (Å²) in [5.41, 5.74) is -0.310. The first kappa shape index (κ1) is 15.8. The van der Waals surface area contributed by atoms with Gasteiger partial charge >= 0.3 is 5.69 Å². The fraction of sp³-hybridized carbons (Fsp3) is 0.786. The monoisotopic (exact) mass is 295 g/mol. The average Bonchev–Trinajstić information content (AvgIpc) is 2.87. The third-order valence-corrected chi connectivity index (χ3v) is 3.96. The molecule has 0 atom stereocenters. The van der Waals surface area contributed by atoms with Crippen LogP contribution in [0.5, 0.6) is 0 Å². The molecule has 1 aromatic rings. The van der Waals surface area contributed by atoms with E-state index in [-0.39, 0.29) is 11.6 Å². The second-order valence-corrected chi connectivity index (χ2v) is 5.71. The molecule has 0 spiro atoms. The number of hydrogen-bond donors (Lipinski definition) is 3. The molecular weight excluding hydrogens is 270 g/mol. The van der Waals surface area contributed by atoms with Crippen molar-refractivity contribution in [3.05, 3.63) is 16.3 Å². The van der Waals surface area contributed by atoms with Crippen LogP contribution in [0.4, 0.5) is 0 Å². The summed E-state index contributed by atoms with van der Waals surface area (Å²) >= 11 is 0. The first-order valence-electron chi connectivity index (χ1n) is 7.80. The Balaban J connectivity index is 1.60. The molecule has 21 heavy (non-hydrogen) atoms. The molecule has 7 nitrogen and oxygen atoms in total. The molecular formula is C14H25N5O2. The molecule has 7 heteroatoms. The number of rotatable bonds is 7. The third kappa shape index (κ3) is 5.34. The van der Waals surface area contributed by atoms with Gasteiger partial charge < -0.3 is 10.2 Å². The Kier molecular flexibility index (Phi) is 5.98. The molecule has 0 aliphatic carbocycles. The first-order valence-corrected chi connectivity index (χ1v) is 7.80. The number of piperidine rings is 1. The Morgan fingerprint density at radius 1 is 1.43 bits per heavy atom. The minimum atomic E-state index is -0.310. The van der Waals surface area contributed by atoms with Crippen molar-refractivity contribution in [2.24, 2.45) is 5.92 Å². The van der Waals surface area contributed by atoms with Crippen LogP contribution in [-0.2, 0) is 11.2 Å². The lowest BCUT2D eigenvalue weighted by molar-refractivity contribution is -0.122. The molecule has 0 radical (unpaired) electrons. The van der Waals surface area contributed by atoms with E-state index in [1.54, 1.807) is 0 Å². The number of aromatic nitrogens is 3. The zero-order valence-electron chi connectivity index (χ0n) is 12.7. The molecule has 1 saturated heterocycles. The number of nitrogens with one attached hydrogen (secondary N) is 3. The van der Waals surface area contributed by atoms with Crippen molar-refractivity contribution in [1.29, 1.82) is 0 Å². The van der Waals surface area contributed by atoms with Crippen LogP contribution in [0.15, 0.2) is 4.79 Å². The van der Waals surface area contributed by atoms with Gasteiger partial charge in [0.2, 0.25) is 5.91 Å². The van der Waals surface area contributed by atoms with E-state index < -0.39 is 0 Å². The van der Waals surface area contributed by atoms with E-state index >= 15 is 0 Å². The van der Waals surface area contributed by atoms with Crippen LogP contribution in [0.25, 0.3) is 0 Å². The van der Waals surface area contributed by atoms with Crippen LogP contribution in [-0.4, -0.2) is 52.2 Å². The predicted octanol–water partition coefficient (Wildman–Crippen LogP) is 0.269. The molecule has 2 rings (SSSR count). The summed E-state index contributed by atoms with van der Waals surface area (Å²) < 4.78 is 0. The van der Waals surface area contributed by atoms with Crippen LogP contribution in [0.2, 0.25) is 0 Å². The van der Waals surface area contributed by atoms with E-state index in [4.69, 9.17) is 0 Å². The molecule has 1 aliphatic rings. The number of amides is 1. The molecule has 0 unspecified atom stereocenters. The number of carbonyl (C=O) groups excluding carboxylic acids is 1. The van der Waals surface area contributed by atoms with Gasteiger partial charge in [0, 0.05) is 19.4 Å². The van der Waals surface area contributed by atoms with Gasteiger partial charge in [0.25, 0.3) is 0 Å². The maximum Gasteiger partial charge on any atom is 0.340 e. The number of H-pyrrole nitrogens is 2. The molecule has 0 aromatic carbocycles. The van der Waals surface area contributed by atoms with Gasteiger partial charge in [-0.3, -0.25) is 9.78 Å². The smallest absolute Gasteiger partial charge is 0.340 e. The van der Waals surface area contributed by atoms with E-state index in [9.17, 15) is 9.59 Å². The molecule has 1 aliphatic heterocycles. The number of nitrogens with zero attached hydrogens (tertiary/aromatic N) is 2. The second-order valence-electron chi connectivity index (χ2n) is 5.71. The molecule has 0 saturated carbocycles. The Labute approximate surface area is 124 Å². The maximum atomic E-state index is 11.9. The van der Waals surface area contributed by atoms with Crippen molar-refractivity contribution in [3.8, 4) is 0 Å². The van der Waals surface area contributed by atoms with E-state index in [0.29, 0.717) is 31.1 Å². The largest absolute Gasteiger partial charge is 0.356 e. The number of likely N-dealkylation sites (tertiary alicyclic amines) is 1. The Morgan fingerprint density at radius 2 is 2.19 bits per heavy atom. The summed E-state index contributed by atoms with van der Waals surface area (Å²) in [4.78, 5) is 27.8. The molecule has 0 bridgehead atoms. The third-order valence-electron chi connectivity index (χ3n) is 3.96. The fourth-order valence-electron chi connectivity index (χ4n) is 2.81. The van der Waals surface area contributed by atoms with Crippen LogP contribution in [0.1, 0.15) is 38.4 Å². The molecule has 118 valence electrons. The van der Waals surface area contributed by atoms with E-state index in [0.717, 1.165) is 25.9 Å². The maximum absolute atomic E-state index is 11.9. The van der Waals surface area contributed by atoms with Gasteiger partial charge in [-0.05, 0) is 44.8 Å². The number of carbonyl (C=O) groups is 1. The summed E-state index contributed by atoms with van der Waals surface area (Å²) in [5.74, 6) is 1.18. The van der Waals surface area contributed by atoms with Crippen molar-refractivity contribution >= 4 is 5.91 Å². The second kappa shape index (κ2) is 7.97. The summed E-state index contributed by atoms with van der Waals surface area (Å²) in [6.07, 6.45) is 4.57. The number of aromatic amines is 2. The molecule has 2 heterocycles. The van der Waals surface area contributed by atoms with E-state index in [1.807, 2.05) is 0 Å². The van der Waals surface area contributed by atoms with Gasteiger partial charge in [-0.1, -0.05) is 6.92 Å². The number of hydrogen-bond acceptors (Lipinski definition) is 4. The van der Waals surface area contributed by atoms with Crippen molar-refractivity contribution in [1.82, 2.24) is 25.4 Å². The molecule has 1 aromatic heterocycles. The molecule has 3 N–H and O–H groups in total. The zero-order valence-corrected chi connectivity index (χ0v) is 12.7. The lowest BCUT2D eigenvalue weighted by Gasteiger charge is -2.31. The lowest BCUT2D eigenvalue weighted by Crippen LogP contribution is -2.36. The average molecular weight is 295 g/mol. The highest BCUT2D eigenvalue weighted by atomic mass is 16.2. The minimum absolute atomic E-state index is 0.0989. The standard InChI is InChI=1S/C14H25N5O2/c1-2-7-19-8-4-11(5-9-19)10-13(20)15-6-3-12-16-14(21)18-17-12/h11H,2-10H2,1H3,(H,15,20)(H2,16,17,18,21). The van der Waals surface area contributed by atoms with Crippen LogP contribution in [0, 0.1) is 5.92 Å². The van der Waals surface area contributed by atoms with Crippen LogP contribution < -0.4 is 11.0 Å². The summed E-state index contributed by atoms with van der Waals surface area (Å²) in [5, 5.41) is 9.01. The van der Waals surface area contributed by atoms with Crippen molar-refractivity contribution < 1.29 is 4.79 Å². The van der Waals surface area contributed by atoms with Gasteiger partial charge in [0.05, 0.1) is 0 Å². The van der Waals surface area contributed by atoms with Crippen molar-refractivity contribution in [2.75, 3.05) is 26.2 Å².